The molecule has 2 aromatic rings. The van der Waals surface area contributed by atoms with Gasteiger partial charge in [0, 0.05) is 5.69 Å². The standard InChI is InChI=1S/C12H9ClFNO3/c1-2-18-12-9(10(16)11(12)17)15-6-3-4-8(14)7(13)5-6/h3-5,15H,2H2,1H3. The van der Waals surface area contributed by atoms with E-state index in [1.54, 1.807) is 6.92 Å². The van der Waals surface area contributed by atoms with Crippen molar-refractivity contribution >= 4 is 23.0 Å². The highest BCUT2D eigenvalue weighted by atomic mass is 35.5. The van der Waals surface area contributed by atoms with Crippen molar-refractivity contribution in [2.24, 2.45) is 0 Å². The Hall–Kier alpha value is -1.88. The molecule has 0 aliphatic carbocycles. The van der Waals surface area contributed by atoms with E-state index in [-0.39, 0.29) is 23.1 Å². The lowest BCUT2D eigenvalue weighted by Gasteiger charge is -2.13. The highest BCUT2D eigenvalue weighted by molar-refractivity contribution is 6.31. The molecule has 18 heavy (non-hydrogen) atoms. The molecule has 0 radical (unpaired) electrons. The SMILES string of the molecule is CCOc1c(Nc2ccc(F)c(Cl)c2)c(=O)c1=O. The molecule has 0 atom stereocenters. The van der Waals surface area contributed by atoms with Crippen LogP contribution in [0.5, 0.6) is 5.75 Å². The Morgan fingerprint density at radius 1 is 1.33 bits per heavy atom. The molecule has 0 spiro atoms. The van der Waals surface area contributed by atoms with Crippen LogP contribution in [0.15, 0.2) is 27.8 Å². The molecule has 0 saturated heterocycles. The number of benzene rings is 1. The average molecular weight is 270 g/mol. The van der Waals surface area contributed by atoms with E-state index < -0.39 is 16.7 Å². The van der Waals surface area contributed by atoms with Crippen molar-refractivity contribution in [2.45, 2.75) is 6.92 Å². The van der Waals surface area contributed by atoms with E-state index in [9.17, 15) is 14.0 Å². The fourth-order valence-corrected chi connectivity index (χ4v) is 1.67. The lowest BCUT2D eigenvalue weighted by atomic mass is 10.2. The van der Waals surface area contributed by atoms with Gasteiger partial charge in [-0.1, -0.05) is 11.6 Å². The summed E-state index contributed by atoms with van der Waals surface area (Å²) in [5, 5.41) is 2.62. The Morgan fingerprint density at radius 3 is 2.67 bits per heavy atom. The molecule has 1 N–H and O–H groups in total. The maximum absolute atomic E-state index is 13.0. The zero-order valence-corrected chi connectivity index (χ0v) is 10.2. The third-order valence-corrected chi connectivity index (χ3v) is 2.63. The van der Waals surface area contributed by atoms with Gasteiger partial charge in [-0.05, 0) is 25.1 Å². The second-order valence-electron chi connectivity index (χ2n) is 3.55. The Labute approximate surface area is 107 Å². The van der Waals surface area contributed by atoms with E-state index in [2.05, 4.69) is 5.32 Å². The van der Waals surface area contributed by atoms with Crippen molar-refractivity contribution in [1.82, 2.24) is 0 Å². The summed E-state index contributed by atoms with van der Waals surface area (Å²) in [6.07, 6.45) is 0. The number of anilines is 2. The third kappa shape index (κ3) is 2.09. The molecule has 0 aromatic heterocycles. The third-order valence-electron chi connectivity index (χ3n) is 2.34. The number of ether oxygens (including phenoxy) is 1. The molecular formula is C12H9ClFNO3. The van der Waals surface area contributed by atoms with E-state index in [0.29, 0.717) is 5.69 Å². The topological polar surface area (TPSA) is 55.4 Å². The van der Waals surface area contributed by atoms with Gasteiger partial charge < -0.3 is 10.1 Å². The second-order valence-corrected chi connectivity index (χ2v) is 3.96. The van der Waals surface area contributed by atoms with Crippen LogP contribution in [0.1, 0.15) is 6.92 Å². The van der Waals surface area contributed by atoms with Crippen molar-refractivity contribution in [2.75, 3.05) is 11.9 Å². The van der Waals surface area contributed by atoms with Crippen LogP contribution in [-0.2, 0) is 0 Å². The van der Waals surface area contributed by atoms with Crippen LogP contribution in [0.3, 0.4) is 0 Å². The van der Waals surface area contributed by atoms with Crippen LogP contribution in [-0.4, -0.2) is 6.61 Å². The molecule has 4 nitrogen and oxygen atoms in total. The van der Waals surface area contributed by atoms with E-state index >= 15 is 0 Å². The van der Waals surface area contributed by atoms with E-state index in [0.717, 1.165) is 6.07 Å². The van der Waals surface area contributed by atoms with E-state index in [1.165, 1.54) is 12.1 Å². The van der Waals surface area contributed by atoms with Crippen molar-refractivity contribution < 1.29 is 9.13 Å². The van der Waals surface area contributed by atoms with Crippen molar-refractivity contribution in [1.29, 1.82) is 0 Å². The largest absolute Gasteiger partial charge is 0.488 e. The lowest BCUT2D eigenvalue weighted by Crippen LogP contribution is -2.35. The lowest BCUT2D eigenvalue weighted by molar-refractivity contribution is 0.335. The quantitative estimate of drug-likeness (QED) is 0.865. The molecule has 0 aliphatic heterocycles. The predicted molar refractivity (Wildman–Crippen MR) is 67.2 cm³/mol. The molecule has 0 saturated carbocycles. The van der Waals surface area contributed by atoms with Gasteiger partial charge in [-0.2, -0.15) is 0 Å². The van der Waals surface area contributed by atoms with Gasteiger partial charge in [0.2, 0.25) is 0 Å². The van der Waals surface area contributed by atoms with Crippen LogP contribution < -0.4 is 20.9 Å². The zero-order chi connectivity index (χ0) is 13.3. The van der Waals surface area contributed by atoms with Crippen LogP contribution in [0.4, 0.5) is 15.8 Å². The van der Waals surface area contributed by atoms with Crippen LogP contribution in [0.2, 0.25) is 5.02 Å². The molecular weight excluding hydrogens is 261 g/mol. The fourth-order valence-electron chi connectivity index (χ4n) is 1.48. The molecule has 0 bridgehead atoms. The summed E-state index contributed by atoms with van der Waals surface area (Å²) in [6.45, 7) is 1.99. The highest BCUT2D eigenvalue weighted by Crippen LogP contribution is 2.25. The molecule has 2 aromatic carbocycles. The first-order valence-electron chi connectivity index (χ1n) is 5.22. The monoisotopic (exact) mass is 269 g/mol. The van der Waals surface area contributed by atoms with Gasteiger partial charge in [0.15, 0.2) is 5.75 Å². The molecule has 94 valence electrons. The van der Waals surface area contributed by atoms with Crippen LogP contribution in [0.25, 0.3) is 0 Å². The summed E-state index contributed by atoms with van der Waals surface area (Å²) in [5.41, 5.74) is -0.828. The van der Waals surface area contributed by atoms with E-state index in [4.69, 9.17) is 16.3 Å². The van der Waals surface area contributed by atoms with E-state index in [1.807, 2.05) is 0 Å². The number of hydrogen-bond donors (Lipinski definition) is 1. The van der Waals surface area contributed by atoms with Crippen LogP contribution in [0, 0.1) is 5.82 Å². The van der Waals surface area contributed by atoms with Gasteiger partial charge in [0.1, 0.15) is 11.5 Å². The summed E-state index contributed by atoms with van der Waals surface area (Å²) in [6, 6.07) is 3.90. The molecule has 0 unspecified atom stereocenters. The first-order chi connectivity index (χ1) is 8.54. The number of hydrogen-bond acceptors (Lipinski definition) is 4. The molecule has 0 heterocycles. The Morgan fingerprint density at radius 2 is 2.06 bits per heavy atom. The molecule has 0 aliphatic rings. The number of rotatable bonds is 4. The first kappa shape index (κ1) is 12.6. The predicted octanol–water partition coefficient (Wildman–Crippen LogP) is 2.22. The second kappa shape index (κ2) is 4.78. The maximum Gasteiger partial charge on any atom is 0.272 e. The summed E-state index contributed by atoms with van der Waals surface area (Å²) in [7, 11) is 0. The first-order valence-corrected chi connectivity index (χ1v) is 5.60. The summed E-state index contributed by atoms with van der Waals surface area (Å²) in [4.78, 5) is 22.6. The van der Waals surface area contributed by atoms with Gasteiger partial charge in [0.25, 0.3) is 10.9 Å². The minimum Gasteiger partial charge on any atom is -0.488 e. The van der Waals surface area contributed by atoms with Gasteiger partial charge in [-0.25, -0.2) is 4.39 Å². The van der Waals surface area contributed by atoms with Gasteiger partial charge in [-0.15, -0.1) is 0 Å². The normalized spacial score (nSPS) is 10.6. The average Bonchev–Trinajstić information content (AvgIpc) is 2.37. The molecule has 2 rings (SSSR count). The molecule has 6 heteroatoms. The Kier molecular flexibility index (Phi) is 3.34. The summed E-state index contributed by atoms with van der Waals surface area (Å²) >= 11 is 5.61. The molecule has 0 fully saturated rings. The van der Waals surface area contributed by atoms with Crippen molar-refractivity contribution in [3.8, 4) is 5.75 Å². The zero-order valence-electron chi connectivity index (χ0n) is 9.42. The van der Waals surface area contributed by atoms with Gasteiger partial charge in [-0.3, -0.25) is 9.59 Å². The van der Waals surface area contributed by atoms with Gasteiger partial charge >= 0.3 is 0 Å². The van der Waals surface area contributed by atoms with Crippen molar-refractivity contribution in [3.05, 3.63) is 49.5 Å². The summed E-state index contributed by atoms with van der Waals surface area (Å²) in [5.74, 6) is -0.555. The maximum atomic E-state index is 13.0. The summed E-state index contributed by atoms with van der Waals surface area (Å²) < 4.78 is 18.0. The fraction of sp³-hybridized carbons (Fsp3) is 0.167. The molecule has 0 amide bonds. The highest BCUT2D eigenvalue weighted by Gasteiger charge is 2.22. The smallest absolute Gasteiger partial charge is 0.272 e. The number of nitrogens with one attached hydrogen (secondary N) is 1. The van der Waals surface area contributed by atoms with Crippen molar-refractivity contribution in [3.63, 3.8) is 0 Å². The Bertz CT molecular complexity index is 662. The minimum atomic E-state index is -0.660. The van der Waals surface area contributed by atoms with Crippen LogP contribution >= 0.6 is 11.6 Å². The number of halogens is 2. The van der Waals surface area contributed by atoms with Gasteiger partial charge in [0.05, 0.1) is 11.6 Å². The Balaban J connectivity index is 2.29. The minimum absolute atomic E-state index is 0.00273.